The molecule has 0 amide bonds. The maximum Gasteiger partial charge on any atom is 0.0313 e. The fraction of sp³-hybridized carbons (Fsp3) is 0.286. The Bertz CT molecular complexity index is 120. The van der Waals surface area contributed by atoms with Crippen molar-refractivity contribution >= 4 is 5.71 Å². The highest BCUT2D eigenvalue weighted by Crippen LogP contribution is 1.78. The van der Waals surface area contributed by atoms with E-state index in [0.717, 1.165) is 5.71 Å². The predicted molar refractivity (Wildman–Crippen MR) is 38.4 cm³/mol. The number of rotatable bonds is 2. The van der Waals surface area contributed by atoms with Gasteiger partial charge in [-0.1, -0.05) is 18.7 Å². The molecule has 0 fully saturated rings. The Morgan fingerprint density at radius 3 is 2.62 bits per heavy atom. The summed E-state index contributed by atoms with van der Waals surface area (Å²) < 4.78 is 0. The summed E-state index contributed by atoms with van der Waals surface area (Å²) in [7, 11) is 1.77. The molecule has 0 aromatic rings. The monoisotopic (exact) mass is 109 g/mol. The summed E-state index contributed by atoms with van der Waals surface area (Å²) >= 11 is 0. The lowest BCUT2D eigenvalue weighted by atomic mass is 10.4. The molecule has 0 aliphatic carbocycles. The van der Waals surface area contributed by atoms with Crippen LogP contribution in [0.2, 0.25) is 0 Å². The van der Waals surface area contributed by atoms with Crippen LogP contribution in [0.1, 0.15) is 6.92 Å². The van der Waals surface area contributed by atoms with Gasteiger partial charge in [0.25, 0.3) is 0 Å². The molecule has 1 nitrogen and oxygen atoms in total. The van der Waals surface area contributed by atoms with Crippen molar-refractivity contribution in [3.05, 3.63) is 24.8 Å². The maximum absolute atomic E-state index is 3.91. The molecule has 0 aromatic heterocycles. The van der Waals surface area contributed by atoms with Crippen LogP contribution in [0, 0.1) is 0 Å². The first-order valence-electron chi connectivity index (χ1n) is 2.53. The van der Waals surface area contributed by atoms with Gasteiger partial charge in [0.15, 0.2) is 0 Å². The summed E-state index contributed by atoms with van der Waals surface area (Å²) in [5.74, 6) is 0. The Kier molecular flexibility index (Phi) is 3.85. The van der Waals surface area contributed by atoms with Crippen LogP contribution in [0.4, 0.5) is 0 Å². The number of nitrogens with zero attached hydrogens (tertiary/aromatic N) is 1. The minimum absolute atomic E-state index is 1.02. The van der Waals surface area contributed by atoms with E-state index in [1.165, 1.54) is 0 Å². The topological polar surface area (TPSA) is 12.4 Å². The summed E-state index contributed by atoms with van der Waals surface area (Å²) in [6.45, 7) is 5.47. The average Bonchev–Trinajstić information content (AvgIpc) is 1.83. The molecule has 0 atom stereocenters. The number of allylic oxidation sites excluding steroid dienone is 3. The number of aliphatic imine (C=N–C) groups is 1. The van der Waals surface area contributed by atoms with E-state index in [4.69, 9.17) is 0 Å². The van der Waals surface area contributed by atoms with E-state index < -0.39 is 0 Å². The Labute approximate surface area is 50.4 Å². The van der Waals surface area contributed by atoms with Gasteiger partial charge in [-0.05, 0) is 13.0 Å². The first-order valence-corrected chi connectivity index (χ1v) is 2.53. The maximum atomic E-state index is 3.91. The van der Waals surface area contributed by atoms with Gasteiger partial charge < -0.3 is 0 Å². The van der Waals surface area contributed by atoms with Gasteiger partial charge in [0.2, 0.25) is 0 Å². The Balaban J connectivity index is 3.69. The molecule has 0 bridgehead atoms. The van der Waals surface area contributed by atoms with E-state index in [9.17, 15) is 0 Å². The molecule has 0 saturated heterocycles. The predicted octanol–water partition coefficient (Wildman–Crippen LogP) is 1.82. The van der Waals surface area contributed by atoms with Crippen molar-refractivity contribution in [2.24, 2.45) is 4.99 Å². The fourth-order valence-electron chi connectivity index (χ4n) is 0.282. The molecule has 0 N–H and O–H groups in total. The highest BCUT2D eigenvalue weighted by atomic mass is 14.7. The quantitative estimate of drug-likeness (QED) is 0.379. The third-order valence-corrected chi connectivity index (χ3v) is 0.826. The van der Waals surface area contributed by atoms with Crippen LogP contribution in [0.25, 0.3) is 0 Å². The van der Waals surface area contributed by atoms with Gasteiger partial charge in [0.1, 0.15) is 0 Å². The third kappa shape index (κ3) is 3.34. The Hall–Kier alpha value is -0.850. The molecule has 0 heterocycles. The van der Waals surface area contributed by atoms with Crippen LogP contribution < -0.4 is 0 Å². The lowest BCUT2D eigenvalue weighted by molar-refractivity contribution is 1.43. The van der Waals surface area contributed by atoms with Crippen molar-refractivity contribution < 1.29 is 0 Å². The van der Waals surface area contributed by atoms with Gasteiger partial charge in [-0.15, -0.1) is 0 Å². The van der Waals surface area contributed by atoms with E-state index in [-0.39, 0.29) is 0 Å². The van der Waals surface area contributed by atoms with Crippen molar-refractivity contribution in [1.29, 1.82) is 0 Å². The van der Waals surface area contributed by atoms with Gasteiger partial charge in [-0.2, -0.15) is 0 Å². The van der Waals surface area contributed by atoms with Gasteiger partial charge in [-0.25, -0.2) is 0 Å². The molecular weight excluding hydrogens is 98.1 g/mol. The molecule has 1 heteroatoms. The third-order valence-electron chi connectivity index (χ3n) is 0.826. The van der Waals surface area contributed by atoms with Crippen molar-refractivity contribution in [3.63, 3.8) is 0 Å². The second-order valence-corrected chi connectivity index (χ2v) is 1.46. The Morgan fingerprint density at radius 2 is 2.25 bits per heavy atom. The van der Waals surface area contributed by atoms with Gasteiger partial charge in [-0.3, -0.25) is 4.99 Å². The van der Waals surface area contributed by atoms with Crippen LogP contribution in [0.3, 0.4) is 0 Å². The zero-order valence-electron chi connectivity index (χ0n) is 5.39. The van der Waals surface area contributed by atoms with Crippen molar-refractivity contribution in [2.45, 2.75) is 6.92 Å². The van der Waals surface area contributed by atoms with Gasteiger partial charge >= 0.3 is 0 Å². The summed E-state index contributed by atoms with van der Waals surface area (Å²) in [4.78, 5) is 3.91. The van der Waals surface area contributed by atoms with Crippen molar-refractivity contribution in [3.8, 4) is 0 Å². The summed E-state index contributed by atoms with van der Waals surface area (Å²) in [5, 5.41) is 0. The van der Waals surface area contributed by atoms with E-state index >= 15 is 0 Å². The van der Waals surface area contributed by atoms with Crippen LogP contribution in [0.5, 0.6) is 0 Å². The Morgan fingerprint density at radius 1 is 1.62 bits per heavy atom. The average molecular weight is 109 g/mol. The standard InChI is InChI=1S/C7H11N/c1-4-5-6-7(2)8-3/h4-6H,1H2,2-3H3/b6-5-,8-7+. The molecule has 44 valence electrons. The molecule has 0 radical (unpaired) electrons. The SMILES string of the molecule is C=C/C=C\C(C)=N\C. The summed E-state index contributed by atoms with van der Waals surface area (Å²) in [6.07, 6.45) is 5.50. The molecular formula is C7H11N. The number of hydrogen-bond acceptors (Lipinski definition) is 1. The second kappa shape index (κ2) is 4.31. The van der Waals surface area contributed by atoms with E-state index in [1.807, 2.05) is 19.1 Å². The zero-order chi connectivity index (χ0) is 6.41. The van der Waals surface area contributed by atoms with Crippen LogP contribution in [0.15, 0.2) is 29.8 Å². The lowest BCUT2D eigenvalue weighted by Crippen LogP contribution is -1.79. The first-order chi connectivity index (χ1) is 3.81. The van der Waals surface area contributed by atoms with E-state index in [2.05, 4.69) is 11.6 Å². The molecule has 0 rings (SSSR count). The first kappa shape index (κ1) is 7.15. The van der Waals surface area contributed by atoms with Gasteiger partial charge in [0, 0.05) is 12.8 Å². The van der Waals surface area contributed by atoms with Crippen molar-refractivity contribution in [2.75, 3.05) is 7.05 Å². The van der Waals surface area contributed by atoms with Crippen molar-refractivity contribution in [1.82, 2.24) is 0 Å². The molecule has 0 saturated carbocycles. The van der Waals surface area contributed by atoms with Crippen LogP contribution in [-0.2, 0) is 0 Å². The zero-order valence-corrected chi connectivity index (χ0v) is 5.39. The van der Waals surface area contributed by atoms with Crippen LogP contribution in [-0.4, -0.2) is 12.8 Å². The molecule has 0 aliphatic rings. The molecule has 0 aromatic carbocycles. The van der Waals surface area contributed by atoms with Gasteiger partial charge in [0.05, 0.1) is 0 Å². The fourth-order valence-corrected chi connectivity index (χ4v) is 0.282. The largest absolute Gasteiger partial charge is 0.293 e. The normalized spacial score (nSPS) is 12.5. The minimum Gasteiger partial charge on any atom is -0.293 e. The highest BCUT2D eigenvalue weighted by Gasteiger charge is 1.72. The molecule has 0 spiro atoms. The number of hydrogen-bond donors (Lipinski definition) is 0. The lowest BCUT2D eigenvalue weighted by Gasteiger charge is -1.81. The minimum atomic E-state index is 1.02. The van der Waals surface area contributed by atoms with E-state index in [0.29, 0.717) is 0 Å². The highest BCUT2D eigenvalue weighted by molar-refractivity contribution is 5.92. The molecule has 0 aliphatic heterocycles. The van der Waals surface area contributed by atoms with Crippen LogP contribution >= 0.6 is 0 Å². The summed E-state index contributed by atoms with van der Waals surface area (Å²) in [5.41, 5.74) is 1.02. The summed E-state index contributed by atoms with van der Waals surface area (Å²) in [6, 6.07) is 0. The molecule has 8 heavy (non-hydrogen) atoms. The van der Waals surface area contributed by atoms with E-state index in [1.54, 1.807) is 13.1 Å². The smallest absolute Gasteiger partial charge is 0.0313 e. The molecule has 0 unspecified atom stereocenters. The second-order valence-electron chi connectivity index (χ2n) is 1.46.